The molecule has 2 N–H and O–H groups in total. The maximum atomic E-state index is 12.4. The molecule has 2 amide bonds. The van der Waals surface area contributed by atoms with E-state index in [1.807, 2.05) is 0 Å². The topological polar surface area (TPSA) is 111 Å². The number of hydrogen-bond donors (Lipinski definition) is 2. The second-order valence-electron chi connectivity index (χ2n) is 5.54. The average Bonchev–Trinajstić information content (AvgIpc) is 2.66. The summed E-state index contributed by atoms with van der Waals surface area (Å²) in [7, 11) is 0. The predicted molar refractivity (Wildman–Crippen MR) is 101 cm³/mol. The van der Waals surface area contributed by atoms with Gasteiger partial charge in [-0.3, -0.25) is 19.7 Å². The van der Waals surface area contributed by atoms with Crippen molar-refractivity contribution in [3.63, 3.8) is 0 Å². The molecular weight excluding hydrogens is 350 g/mol. The molecule has 0 radical (unpaired) electrons. The molecule has 0 bridgehead atoms. The Hall–Kier alpha value is -3.68. The van der Waals surface area contributed by atoms with Gasteiger partial charge in [0.05, 0.1) is 16.2 Å². The third-order valence-corrected chi connectivity index (χ3v) is 3.57. The first kappa shape index (κ1) is 19.6. The fourth-order valence-corrected chi connectivity index (χ4v) is 2.19. The fraction of sp³-hybridized carbons (Fsp3) is 0.158. The predicted octanol–water partition coefficient (Wildman–Crippen LogP) is 2.92. The number of nitro groups is 1. The van der Waals surface area contributed by atoms with Gasteiger partial charge in [0.2, 0.25) is 0 Å². The van der Waals surface area contributed by atoms with E-state index >= 15 is 0 Å². The number of rotatable bonds is 8. The number of ether oxygens (including phenoxy) is 1. The lowest BCUT2D eigenvalue weighted by atomic mass is 10.1. The van der Waals surface area contributed by atoms with Crippen LogP contribution in [-0.2, 0) is 4.79 Å². The van der Waals surface area contributed by atoms with Crippen molar-refractivity contribution in [2.45, 2.75) is 13.0 Å². The van der Waals surface area contributed by atoms with E-state index in [2.05, 4.69) is 17.2 Å². The zero-order valence-corrected chi connectivity index (χ0v) is 14.7. The van der Waals surface area contributed by atoms with Gasteiger partial charge in [-0.2, -0.15) is 0 Å². The first-order chi connectivity index (χ1) is 12.9. The molecule has 8 nitrogen and oxygen atoms in total. The molecule has 0 aliphatic heterocycles. The maximum Gasteiger partial charge on any atom is 0.269 e. The van der Waals surface area contributed by atoms with Gasteiger partial charge in [0.25, 0.3) is 17.5 Å². The molecule has 1 atom stereocenters. The second kappa shape index (κ2) is 9.14. The molecule has 0 fully saturated rings. The van der Waals surface area contributed by atoms with Gasteiger partial charge < -0.3 is 15.4 Å². The smallest absolute Gasteiger partial charge is 0.269 e. The van der Waals surface area contributed by atoms with Gasteiger partial charge in [0.1, 0.15) is 5.75 Å². The summed E-state index contributed by atoms with van der Waals surface area (Å²) in [4.78, 5) is 34.7. The van der Waals surface area contributed by atoms with E-state index in [1.54, 1.807) is 30.3 Å². The average molecular weight is 369 g/mol. The Labute approximate surface area is 156 Å². The van der Waals surface area contributed by atoms with Crippen LogP contribution < -0.4 is 15.4 Å². The van der Waals surface area contributed by atoms with Crippen molar-refractivity contribution in [2.75, 3.05) is 11.9 Å². The highest BCUT2D eigenvalue weighted by Gasteiger charge is 2.18. The number of para-hydroxylation sites is 1. The van der Waals surface area contributed by atoms with Crippen molar-refractivity contribution >= 4 is 23.2 Å². The van der Waals surface area contributed by atoms with Gasteiger partial charge in [0, 0.05) is 18.7 Å². The fourth-order valence-electron chi connectivity index (χ4n) is 2.19. The number of non-ortho nitro benzene ring substituents is 1. The first-order valence-corrected chi connectivity index (χ1v) is 8.12. The standard InChI is InChI=1S/C19H19N3O5/c1-3-12-20-19(24)16-6-4-5-7-17(16)21-18(23)13(2)27-15-10-8-14(9-11-15)22(25)26/h3-11,13H,1,12H2,2H3,(H,20,24)(H,21,23)/t13-/m0/s1. The Morgan fingerprint density at radius 2 is 1.89 bits per heavy atom. The van der Waals surface area contributed by atoms with E-state index in [9.17, 15) is 19.7 Å². The zero-order valence-electron chi connectivity index (χ0n) is 14.7. The molecule has 2 aromatic rings. The summed E-state index contributed by atoms with van der Waals surface area (Å²) in [5, 5.41) is 16.0. The molecule has 0 aliphatic rings. The lowest BCUT2D eigenvalue weighted by molar-refractivity contribution is -0.384. The molecule has 0 saturated carbocycles. The van der Waals surface area contributed by atoms with E-state index in [1.165, 1.54) is 31.2 Å². The first-order valence-electron chi connectivity index (χ1n) is 8.12. The van der Waals surface area contributed by atoms with Crippen molar-refractivity contribution < 1.29 is 19.2 Å². The minimum Gasteiger partial charge on any atom is -0.481 e. The van der Waals surface area contributed by atoms with E-state index in [0.29, 0.717) is 23.5 Å². The van der Waals surface area contributed by atoms with Gasteiger partial charge in [-0.25, -0.2) is 0 Å². The van der Waals surface area contributed by atoms with Crippen LogP contribution in [0.4, 0.5) is 11.4 Å². The number of nitrogens with zero attached hydrogens (tertiary/aromatic N) is 1. The number of amides is 2. The summed E-state index contributed by atoms with van der Waals surface area (Å²) >= 11 is 0. The molecular formula is C19H19N3O5. The van der Waals surface area contributed by atoms with Gasteiger partial charge in [-0.05, 0) is 31.2 Å². The number of hydrogen-bond acceptors (Lipinski definition) is 5. The van der Waals surface area contributed by atoms with Gasteiger partial charge >= 0.3 is 0 Å². The minimum atomic E-state index is -0.879. The van der Waals surface area contributed by atoms with Crippen LogP contribution in [0.5, 0.6) is 5.75 Å². The molecule has 0 spiro atoms. The summed E-state index contributed by atoms with van der Waals surface area (Å²) in [5.74, 6) is -0.479. The zero-order chi connectivity index (χ0) is 19.8. The molecule has 0 aliphatic carbocycles. The number of benzene rings is 2. The van der Waals surface area contributed by atoms with Crippen LogP contribution in [0.1, 0.15) is 17.3 Å². The van der Waals surface area contributed by atoms with Crippen molar-refractivity contribution in [3.8, 4) is 5.75 Å². The van der Waals surface area contributed by atoms with Gasteiger partial charge in [0.15, 0.2) is 6.10 Å². The number of carbonyl (C=O) groups is 2. The van der Waals surface area contributed by atoms with E-state index in [0.717, 1.165) is 0 Å². The molecule has 0 unspecified atom stereocenters. The van der Waals surface area contributed by atoms with Crippen LogP contribution >= 0.6 is 0 Å². The third kappa shape index (κ3) is 5.40. The highest BCUT2D eigenvalue weighted by molar-refractivity contribution is 6.04. The normalized spacial score (nSPS) is 11.1. The van der Waals surface area contributed by atoms with Crippen LogP contribution in [0.15, 0.2) is 61.2 Å². The Morgan fingerprint density at radius 1 is 1.22 bits per heavy atom. The van der Waals surface area contributed by atoms with Crippen molar-refractivity contribution in [1.29, 1.82) is 0 Å². The second-order valence-corrected chi connectivity index (χ2v) is 5.54. The molecule has 0 saturated heterocycles. The Bertz CT molecular complexity index is 849. The van der Waals surface area contributed by atoms with Crippen LogP contribution in [0.2, 0.25) is 0 Å². The van der Waals surface area contributed by atoms with Crippen LogP contribution in [-0.4, -0.2) is 29.4 Å². The lowest BCUT2D eigenvalue weighted by Gasteiger charge is -2.16. The number of carbonyl (C=O) groups excluding carboxylic acids is 2. The summed E-state index contributed by atoms with van der Waals surface area (Å²) < 4.78 is 5.50. The third-order valence-electron chi connectivity index (χ3n) is 3.57. The molecule has 8 heteroatoms. The molecule has 2 rings (SSSR count). The molecule has 0 aromatic heterocycles. The molecule has 27 heavy (non-hydrogen) atoms. The largest absolute Gasteiger partial charge is 0.481 e. The van der Waals surface area contributed by atoms with Crippen molar-refractivity contribution in [2.24, 2.45) is 0 Å². The van der Waals surface area contributed by atoms with Crippen LogP contribution in [0.3, 0.4) is 0 Å². The molecule has 140 valence electrons. The SMILES string of the molecule is C=CCNC(=O)c1ccccc1NC(=O)[C@H](C)Oc1ccc([N+](=O)[O-])cc1. The lowest BCUT2D eigenvalue weighted by Crippen LogP contribution is -2.31. The Balaban J connectivity index is 2.05. The van der Waals surface area contributed by atoms with E-state index < -0.39 is 16.9 Å². The van der Waals surface area contributed by atoms with Crippen molar-refractivity contribution in [1.82, 2.24) is 5.32 Å². The number of nitrogens with one attached hydrogen (secondary N) is 2. The number of anilines is 1. The highest BCUT2D eigenvalue weighted by Crippen LogP contribution is 2.20. The summed E-state index contributed by atoms with van der Waals surface area (Å²) in [6, 6.07) is 12.0. The van der Waals surface area contributed by atoms with Crippen LogP contribution in [0, 0.1) is 10.1 Å². The summed E-state index contributed by atoms with van der Waals surface area (Å²) in [6.07, 6.45) is 0.676. The quantitative estimate of drug-likeness (QED) is 0.422. The van der Waals surface area contributed by atoms with Gasteiger partial charge in [-0.1, -0.05) is 18.2 Å². The number of nitro benzene ring substituents is 1. The Morgan fingerprint density at radius 3 is 2.52 bits per heavy atom. The monoisotopic (exact) mass is 369 g/mol. The molecule has 2 aromatic carbocycles. The Kier molecular flexibility index (Phi) is 6.65. The van der Waals surface area contributed by atoms with Crippen molar-refractivity contribution in [3.05, 3.63) is 76.9 Å². The molecule has 0 heterocycles. The van der Waals surface area contributed by atoms with Crippen LogP contribution in [0.25, 0.3) is 0 Å². The maximum absolute atomic E-state index is 12.4. The van der Waals surface area contributed by atoms with Gasteiger partial charge in [-0.15, -0.1) is 6.58 Å². The van der Waals surface area contributed by atoms with E-state index in [4.69, 9.17) is 4.74 Å². The van der Waals surface area contributed by atoms with E-state index in [-0.39, 0.29) is 11.6 Å². The highest BCUT2D eigenvalue weighted by atomic mass is 16.6. The minimum absolute atomic E-state index is 0.0704. The summed E-state index contributed by atoms with van der Waals surface area (Å²) in [6.45, 7) is 5.38. The summed E-state index contributed by atoms with van der Waals surface area (Å²) in [5.41, 5.74) is 0.595.